The van der Waals surface area contributed by atoms with Crippen LogP contribution in [0.15, 0.2) is 18.2 Å². The van der Waals surface area contributed by atoms with Crippen LogP contribution in [0, 0.1) is 17.6 Å². The zero-order chi connectivity index (χ0) is 16.8. The highest BCUT2D eigenvalue weighted by Crippen LogP contribution is 2.18. The van der Waals surface area contributed by atoms with Crippen molar-refractivity contribution in [3.8, 4) is 0 Å². The lowest BCUT2D eigenvalue weighted by Crippen LogP contribution is -2.40. The first-order chi connectivity index (χ1) is 11.0. The Kier molecular flexibility index (Phi) is 6.04. The summed E-state index contributed by atoms with van der Waals surface area (Å²) in [5.41, 5.74) is 0.261. The number of nitrogens with one attached hydrogen (secondary N) is 1. The van der Waals surface area contributed by atoms with Crippen molar-refractivity contribution in [3.05, 3.63) is 29.8 Å². The van der Waals surface area contributed by atoms with Gasteiger partial charge in [0.15, 0.2) is 11.6 Å². The monoisotopic (exact) mass is 326 g/mol. The third kappa shape index (κ3) is 4.72. The summed E-state index contributed by atoms with van der Waals surface area (Å²) in [5, 5.41) is 2.78. The van der Waals surface area contributed by atoms with Crippen LogP contribution in [0.25, 0.3) is 0 Å². The topological polar surface area (TPSA) is 58.6 Å². The molecular formula is C16H20F2N2O3. The van der Waals surface area contributed by atoms with Gasteiger partial charge in [-0.3, -0.25) is 9.59 Å². The van der Waals surface area contributed by atoms with Crippen LogP contribution in [0.5, 0.6) is 0 Å². The fraction of sp³-hybridized carbons (Fsp3) is 0.500. The molecule has 2 amide bonds. The molecule has 0 atom stereocenters. The minimum Gasteiger partial charge on any atom is -0.381 e. The quantitative estimate of drug-likeness (QED) is 0.898. The Labute approximate surface area is 133 Å². The predicted molar refractivity (Wildman–Crippen MR) is 80.9 cm³/mol. The van der Waals surface area contributed by atoms with Crippen LogP contribution in [0.3, 0.4) is 0 Å². The summed E-state index contributed by atoms with van der Waals surface area (Å²) in [6.07, 6.45) is 1.37. The minimum absolute atomic E-state index is 0.0675. The van der Waals surface area contributed by atoms with E-state index in [9.17, 15) is 18.4 Å². The normalized spacial score (nSPS) is 15.3. The Hall–Kier alpha value is -2.02. The number of nitrogens with zero attached hydrogens (tertiary/aromatic N) is 1. The maximum Gasteiger partial charge on any atom is 0.223 e. The number of anilines is 1. The van der Waals surface area contributed by atoms with Crippen LogP contribution in [-0.2, 0) is 14.3 Å². The van der Waals surface area contributed by atoms with Crippen molar-refractivity contribution in [1.29, 1.82) is 0 Å². The van der Waals surface area contributed by atoms with Gasteiger partial charge in [0.05, 0.1) is 0 Å². The van der Waals surface area contributed by atoms with Gasteiger partial charge in [0.1, 0.15) is 0 Å². The second-order valence-electron chi connectivity index (χ2n) is 5.45. The van der Waals surface area contributed by atoms with Gasteiger partial charge in [-0.05, 0) is 25.0 Å². The second kappa shape index (κ2) is 8.01. The third-order valence-corrected chi connectivity index (χ3v) is 3.82. The zero-order valence-electron chi connectivity index (χ0n) is 13.0. The molecule has 1 aliphatic heterocycles. The first-order valence-corrected chi connectivity index (χ1v) is 7.57. The minimum atomic E-state index is -1.01. The van der Waals surface area contributed by atoms with E-state index in [2.05, 4.69) is 5.32 Å². The molecule has 126 valence electrons. The van der Waals surface area contributed by atoms with E-state index in [0.29, 0.717) is 26.1 Å². The van der Waals surface area contributed by atoms with Gasteiger partial charge in [-0.15, -0.1) is 0 Å². The number of hydrogen-bond donors (Lipinski definition) is 1. The molecule has 0 spiro atoms. The number of carbonyl (C=O) groups excluding carboxylic acids is 2. The summed E-state index contributed by atoms with van der Waals surface area (Å²) in [4.78, 5) is 25.0. The van der Waals surface area contributed by atoms with Crippen LogP contribution in [0.2, 0.25) is 0 Å². The molecular weight excluding hydrogens is 306 g/mol. The van der Waals surface area contributed by atoms with Crippen LogP contribution >= 0.6 is 0 Å². The molecule has 1 aliphatic rings. The highest BCUT2D eigenvalue weighted by Gasteiger charge is 2.21. The van der Waals surface area contributed by atoms with E-state index in [0.717, 1.165) is 12.1 Å². The third-order valence-electron chi connectivity index (χ3n) is 3.82. The van der Waals surface area contributed by atoms with Gasteiger partial charge < -0.3 is 15.0 Å². The van der Waals surface area contributed by atoms with E-state index in [4.69, 9.17) is 4.74 Å². The number of ether oxygens (including phenoxy) is 1. The average molecular weight is 326 g/mol. The van der Waals surface area contributed by atoms with Crippen molar-refractivity contribution in [3.63, 3.8) is 0 Å². The Morgan fingerprint density at radius 2 is 1.96 bits per heavy atom. The van der Waals surface area contributed by atoms with Gasteiger partial charge in [0.25, 0.3) is 0 Å². The van der Waals surface area contributed by atoms with Gasteiger partial charge in [-0.2, -0.15) is 0 Å². The van der Waals surface area contributed by atoms with Gasteiger partial charge in [-0.1, -0.05) is 0 Å². The number of hydrogen-bond acceptors (Lipinski definition) is 3. The van der Waals surface area contributed by atoms with E-state index in [1.807, 2.05) is 0 Å². The maximum atomic E-state index is 13.3. The number of rotatable bonds is 5. The van der Waals surface area contributed by atoms with E-state index >= 15 is 0 Å². The van der Waals surface area contributed by atoms with Gasteiger partial charge in [-0.25, -0.2) is 8.78 Å². The molecule has 0 aliphatic carbocycles. The fourth-order valence-electron chi connectivity index (χ4n) is 2.52. The average Bonchev–Trinajstić information content (AvgIpc) is 2.54. The molecule has 2 rings (SSSR count). The molecule has 1 aromatic carbocycles. The molecule has 7 heteroatoms. The lowest BCUT2D eigenvalue weighted by atomic mass is 9.99. The lowest BCUT2D eigenvalue weighted by molar-refractivity contribution is -0.127. The molecule has 0 radical (unpaired) electrons. The molecule has 5 nitrogen and oxygen atoms in total. The highest BCUT2D eigenvalue weighted by molar-refractivity contribution is 5.91. The number of benzene rings is 1. The Morgan fingerprint density at radius 3 is 2.57 bits per heavy atom. The second-order valence-corrected chi connectivity index (χ2v) is 5.45. The Balaban J connectivity index is 1.91. The summed E-state index contributed by atoms with van der Waals surface area (Å²) >= 11 is 0. The van der Waals surface area contributed by atoms with E-state index in [1.165, 1.54) is 17.9 Å². The van der Waals surface area contributed by atoms with E-state index < -0.39 is 11.6 Å². The molecule has 1 fully saturated rings. The molecule has 0 bridgehead atoms. The van der Waals surface area contributed by atoms with Crippen LogP contribution in [0.1, 0.15) is 19.8 Å². The van der Waals surface area contributed by atoms with Crippen molar-refractivity contribution in [2.45, 2.75) is 19.8 Å². The van der Waals surface area contributed by atoms with Crippen molar-refractivity contribution in [2.75, 3.05) is 31.2 Å². The standard InChI is InChI=1S/C16H20F2N2O3/c1-11(21)20(13-2-3-14(17)15(18)10-13)7-6-19-16(22)12-4-8-23-9-5-12/h2-3,10,12H,4-9H2,1H3,(H,19,22). The molecule has 1 N–H and O–H groups in total. The molecule has 1 aromatic rings. The summed E-state index contributed by atoms with van der Waals surface area (Å²) < 4.78 is 31.5. The van der Waals surface area contributed by atoms with Crippen molar-refractivity contribution in [1.82, 2.24) is 5.32 Å². The molecule has 1 heterocycles. The Bertz CT molecular complexity index is 574. The highest BCUT2D eigenvalue weighted by atomic mass is 19.2. The van der Waals surface area contributed by atoms with Crippen LogP contribution in [-0.4, -0.2) is 38.1 Å². The first-order valence-electron chi connectivity index (χ1n) is 7.57. The van der Waals surface area contributed by atoms with Crippen LogP contribution in [0.4, 0.5) is 14.5 Å². The van der Waals surface area contributed by atoms with Crippen molar-refractivity contribution >= 4 is 17.5 Å². The molecule has 0 aromatic heterocycles. The molecule has 0 unspecified atom stereocenters. The van der Waals surface area contributed by atoms with Gasteiger partial charge in [0.2, 0.25) is 11.8 Å². The van der Waals surface area contributed by atoms with Crippen LogP contribution < -0.4 is 10.2 Å². The predicted octanol–water partition coefficient (Wildman–Crippen LogP) is 1.86. The summed E-state index contributed by atoms with van der Waals surface area (Å²) in [5.74, 6) is -2.43. The number of carbonyl (C=O) groups is 2. The van der Waals surface area contributed by atoms with Gasteiger partial charge >= 0.3 is 0 Å². The van der Waals surface area contributed by atoms with Crippen molar-refractivity contribution < 1.29 is 23.1 Å². The summed E-state index contributed by atoms with van der Waals surface area (Å²) in [6, 6.07) is 3.28. The Morgan fingerprint density at radius 1 is 1.26 bits per heavy atom. The number of amides is 2. The largest absolute Gasteiger partial charge is 0.381 e. The lowest BCUT2D eigenvalue weighted by Gasteiger charge is -2.24. The summed E-state index contributed by atoms with van der Waals surface area (Å²) in [7, 11) is 0. The number of halogens is 2. The molecule has 1 saturated heterocycles. The zero-order valence-corrected chi connectivity index (χ0v) is 13.0. The smallest absolute Gasteiger partial charge is 0.223 e. The molecule has 0 saturated carbocycles. The summed E-state index contributed by atoms with van der Waals surface area (Å²) in [6.45, 7) is 2.92. The first kappa shape index (κ1) is 17.3. The van der Waals surface area contributed by atoms with Crippen molar-refractivity contribution in [2.24, 2.45) is 5.92 Å². The molecule has 23 heavy (non-hydrogen) atoms. The fourth-order valence-corrected chi connectivity index (χ4v) is 2.52. The SMILES string of the molecule is CC(=O)N(CCNC(=O)C1CCOCC1)c1ccc(F)c(F)c1. The maximum absolute atomic E-state index is 13.3. The van der Waals surface area contributed by atoms with E-state index in [1.54, 1.807) is 0 Å². The van der Waals surface area contributed by atoms with Gasteiger partial charge in [0, 0.05) is 50.9 Å². The van der Waals surface area contributed by atoms with E-state index in [-0.39, 0.29) is 36.5 Å².